The predicted molar refractivity (Wildman–Crippen MR) is 71.5 cm³/mol. The molecule has 1 saturated carbocycles. The first-order valence-electron chi connectivity index (χ1n) is 5.94. The fraction of sp³-hybridized carbons (Fsp3) is 0.231. The largest absolute Gasteiger partial charge is 0.336 e. The third-order valence-electron chi connectivity index (χ3n) is 2.99. The molecule has 0 radical (unpaired) electrons. The second-order valence-corrected chi connectivity index (χ2v) is 4.88. The van der Waals surface area contributed by atoms with Gasteiger partial charge in [0, 0.05) is 24.1 Å². The van der Waals surface area contributed by atoms with Crippen molar-refractivity contribution in [3.8, 4) is 0 Å². The Kier molecular flexibility index (Phi) is 2.98. The molecular weight excluding hydrogens is 269 g/mol. The molecule has 0 amide bonds. The van der Waals surface area contributed by atoms with Gasteiger partial charge in [0.2, 0.25) is 0 Å². The van der Waals surface area contributed by atoms with E-state index in [1.807, 2.05) is 0 Å². The summed E-state index contributed by atoms with van der Waals surface area (Å²) in [5, 5.41) is 2.87. The van der Waals surface area contributed by atoms with Gasteiger partial charge in [0.15, 0.2) is 5.82 Å². The first-order chi connectivity index (χ1) is 9.15. The number of hydrogen-bond acceptors (Lipinski definition) is 3. The van der Waals surface area contributed by atoms with Gasteiger partial charge in [-0.3, -0.25) is 4.79 Å². The van der Waals surface area contributed by atoms with Gasteiger partial charge in [-0.05, 0) is 31.0 Å². The minimum atomic E-state index is -0.497. The summed E-state index contributed by atoms with van der Waals surface area (Å²) in [6.45, 7) is 0. The van der Waals surface area contributed by atoms with Crippen molar-refractivity contribution >= 4 is 23.1 Å². The highest BCUT2D eigenvalue weighted by Crippen LogP contribution is 2.33. The Bertz CT molecular complexity index is 682. The second-order valence-electron chi connectivity index (χ2n) is 4.47. The molecule has 1 aliphatic carbocycles. The Hall–Kier alpha value is -1.88. The highest BCUT2D eigenvalue weighted by Gasteiger charge is 2.25. The van der Waals surface area contributed by atoms with Gasteiger partial charge < -0.3 is 9.88 Å². The monoisotopic (exact) mass is 279 g/mol. The molecule has 1 fully saturated rings. The first kappa shape index (κ1) is 12.2. The third-order valence-corrected chi connectivity index (χ3v) is 3.28. The van der Waals surface area contributed by atoms with Crippen molar-refractivity contribution in [3.05, 3.63) is 51.8 Å². The summed E-state index contributed by atoms with van der Waals surface area (Å²) >= 11 is 5.69. The lowest BCUT2D eigenvalue weighted by molar-refractivity contribution is 0.628. The number of anilines is 2. The van der Waals surface area contributed by atoms with Crippen LogP contribution in [0.15, 0.2) is 35.4 Å². The van der Waals surface area contributed by atoms with Gasteiger partial charge in [0.25, 0.3) is 5.56 Å². The van der Waals surface area contributed by atoms with Crippen LogP contribution in [-0.2, 0) is 0 Å². The Labute approximate surface area is 113 Å². The van der Waals surface area contributed by atoms with Crippen molar-refractivity contribution in [1.82, 2.24) is 9.55 Å². The summed E-state index contributed by atoms with van der Waals surface area (Å²) in [6, 6.07) is 4.46. The molecule has 3 rings (SSSR count). The Balaban J connectivity index is 1.92. The number of halogens is 2. The van der Waals surface area contributed by atoms with E-state index in [9.17, 15) is 9.18 Å². The van der Waals surface area contributed by atoms with Crippen LogP contribution in [0, 0.1) is 5.82 Å². The highest BCUT2D eigenvalue weighted by atomic mass is 35.5. The molecule has 0 aliphatic heterocycles. The number of rotatable bonds is 3. The fourth-order valence-electron chi connectivity index (χ4n) is 1.86. The molecule has 1 aliphatic rings. The van der Waals surface area contributed by atoms with E-state index >= 15 is 0 Å². The summed E-state index contributed by atoms with van der Waals surface area (Å²) in [5.41, 5.74) is 0.356. The molecule has 0 atom stereocenters. The average Bonchev–Trinajstić information content (AvgIpc) is 3.21. The normalized spacial score (nSPS) is 14.4. The van der Waals surface area contributed by atoms with Crippen LogP contribution in [0.25, 0.3) is 0 Å². The lowest BCUT2D eigenvalue weighted by Crippen LogP contribution is -2.22. The third kappa shape index (κ3) is 2.46. The van der Waals surface area contributed by atoms with E-state index in [1.165, 1.54) is 18.2 Å². The van der Waals surface area contributed by atoms with Crippen LogP contribution >= 0.6 is 11.6 Å². The molecule has 2 aromatic rings. The van der Waals surface area contributed by atoms with Crippen LogP contribution in [0.4, 0.5) is 15.9 Å². The van der Waals surface area contributed by atoms with Crippen molar-refractivity contribution < 1.29 is 4.39 Å². The molecule has 1 N–H and O–H groups in total. The molecule has 98 valence electrons. The first-order valence-corrected chi connectivity index (χ1v) is 6.32. The van der Waals surface area contributed by atoms with Crippen molar-refractivity contribution in [3.63, 3.8) is 0 Å². The zero-order valence-electron chi connectivity index (χ0n) is 9.94. The molecule has 0 unspecified atom stereocenters. The molecule has 19 heavy (non-hydrogen) atoms. The second kappa shape index (κ2) is 4.66. The van der Waals surface area contributed by atoms with E-state index < -0.39 is 5.82 Å². The molecule has 0 bridgehead atoms. The maximum absolute atomic E-state index is 13.1. The van der Waals surface area contributed by atoms with Crippen LogP contribution in [0.2, 0.25) is 5.02 Å². The lowest BCUT2D eigenvalue weighted by Gasteiger charge is -2.08. The van der Waals surface area contributed by atoms with Crippen LogP contribution in [-0.4, -0.2) is 9.55 Å². The van der Waals surface area contributed by atoms with Crippen LogP contribution < -0.4 is 10.9 Å². The molecular formula is C13H11ClFN3O. The molecule has 1 aromatic heterocycles. The zero-order valence-corrected chi connectivity index (χ0v) is 10.7. The summed E-state index contributed by atoms with van der Waals surface area (Å²) in [5.74, 6) is -0.277. The molecule has 1 aromatic carbocycles. The van der Waals surface area contributed by atoms with Gasteiger partial charge >= 0.3 is 0 Å². The number of benzene rings is 1. The van der Waals surface area contributed by atoms with E-state index in [0.717, 1.165) is 12.8 Å². The smallest absolute Gasteiger partial charge is 0.293 e. The van der Waals surface area contributed by atoms with E-state index in [4.69, 9.17) is 11.6 Å². The zero-order chi connectivity index (χ0) is 13.4. The topological polar surface area (TPSA) is 46.9 Å². The molecule has 1 heterocycles. The summed E-state index contributed by atoms with van der Waals surface area (Å²) in [4.78, 5) is 16.2. The number of nitrogens with one attached hydrogen (secondary N) is 1. The average molecular weight is 280 g/mol. The number of nitrogens with zero attached hydrogens (tertiary/aromatic N) is 2. The maximum Gasteiger partial charge on any atom is 0.293 e. The maximum atomic E-state index is 13.1. The van der Waals surface area contributed by atoms with Gasteiger partial charge in [-0.2, -0.15) is 0 Å². The van der Waals surface area contributed by atoms with Crippen molar-refractivity contribution in [1.29, 1.82) is 0 Å². The van der Waals surface area contributed by atoms with Gasteiger partial charge in [-0.25, -0.2) is 9.37 Å². The Morgan fingerprint density at radius 2 is 2.21 bits per heavy atom. The van der Waals surface area contributed by atoms with Crippen LogP contribution in [0.5, 0.6) is 0 Å². The highest BCUT2D eigenvalue weighted by molar-refractivity contribution is 6.31. The lowest BCUT2D eigenvalue weighted by atomic mass is 10.3. The van der Waals surface area contributed by atoms with Gasteiger partial charge in [-0.1, -0.05) is 11.6 Å². The van der Waals surface area contributed by atoms with Gasteiger partial charge in [0.05, 0.1) is 5.02 Å². The number of aromatic nitrogens is 2. The molecule has 6 heteroatoms. The van der Waals surface area contributed by atoms with E-state index in [2.05, 4.69) is 10.3 Å². The van der Waals surface area contributed by atoms with Crippen molar-refractivity contribution in [2.75, 3.05) is 5.32 Å². The van der Waals surface area contributed by atoms with E-state index in [0.29, 0.717) is 5.69 Å². The molecule has 0 saturated heterocycles. The van der Waals surface area contributed by atoms with E-state index in [-0.39, 0.29) is 22.4 Å². The van der Waals surface area contributed by atoms with Gasteiger partial charge in [0.1, 0.15) is 5.82 Å². The number of hydrogen-bond donors (Lipinski definition) is 1. The summed E-state index contributed by atoms with van der Waals surface area (Å²) in [7, 11) is 0. The Morgan fingerprint density at radius 3 is 2.89 bits per heavy atom. The quantitative estimate of drug-likeness (QED) is 0.939. The summed E-state index contributed by atoms with van der Waals surface area (Å²) in [6.07, 6.45) is 5.30. The Morgan fingerprint density at radius 1 is 1.42 bits per heavy atom. The fourth-order valence-corrected chi connectivity index (χ4v) is 2.04. The van der Waals surface area contributed by atoms with E-state index in [1.54, 1.807) is 17.0 Å². The van der Waals surface area contributed by atoms with Crippen LogP contribution in [0.3, 0.4) is 0 Å². The standard InChI is InChI=1S/C13H11ClFN3O/c14-10-7-8(1-4-11(10)15)17-12-13(19)18(6-5-16-12)9-2-3-9/h1,4-7,9H,2-3H2,(H,16,17). The minimum Gasteiger partial charge on any atom is -0.336 e. The summed E-state index contributed by atoms with van der Waals surface area (Å²) < 4.78 is 14.7. The predicted octanol–water partition coefficient (Wildman–Crippen LogP) is 3.11. The SMILES string of the molecule is O=c1c(Nc2ccc(F)c(Cl)c2)nccn1C1CC1. The molecule has 4 nitrogen and oxygen atoms in total. The van der Waals surface area contributed by atoms with Crippen molar-refractivity contribution in [2.24, 2.45) is 0 Å². The minimum absolute atomic E-state index is 0.00319. The van der Waals surface area contributed by atoms with Crippen LogP contribution in [0.1, 0.15) is 18.9 Å². The van der Waals surface area contributed by atoms with Crippen molar-refractivity contribution in [2.45, 2.75) is 18.9 Å². The molecule has 0 spiro atoms. The van der Waals surface area contributed by atoms with Gasteiger partial charge in [-0.15, -0.1) is 0 Å².